The number of carbonyl (C=O) groups excluding carboxylic acids is 2. The molecule has 1 aliphatic heterocycles. The fraction of sp³-hybridized carbons (Fsp3) is 0.370. The first-order chi connectivity index (χ1) is 16.8. The van der Waals surface area contributed by atoms with Crippen molar-refractivity contribution in [2.75, 3.05) is 26.2 Å². The molecule has 1 fully saturated rings. The number of aryl methyl sites for hydroxylation is 1. The molecular weight excluding hydrogens is 464 g/mol. The van der Waals surface area contributed by atoms with Crippen molar-refractivity contribution < 1.29 is 14.3 Å². The van der Waals surface area contributed by atoms with Gasteiger partial charge in [-0.1, -0.05) is 36.7 Å². The number of halogens is 1. The molecule has 1 aliphatic rings. The van der Waals surface area contributed by atoms with E-state index in [0.717, 1.165) is 34.2 Å². The first-order valence-electron chi connectivity index (χ1n) is 11.9. The molecule has 1 aromatic heterocycles. The summed E-state index contributed by atoms with van der Waals surface area (Å²) >= 11 is 6.59. The Morgan fingerprint density at radius 2 is 1.97 bits per heavy atom. The Morgan fingerprint density at radius 1 is 1.17 bits per heavy atom. The van der Waals surface area contributed by atoms with Crippen molar-refractivity contribution in [3.05, 3.63) is 64.2 Å². The molecule has 0 radical (unpaired) electrons. The van der Waals surface area contributed by atoms with Gasteiger partial charge in [0.15, 0.2) is 0 Å². The number of fused-ring (bicyclic) bond motifs is 1. The Labute approximate surface area is 210 Å². The molecule has 0 saturated carbocycles. The second-order valence-corrected chi connectivity index (χ2v) is 9.38. The van der Waals surface area contributed by atoms with Crippen LogP contribution in [0.5, 0.6) is 0 Å². The molecule has 2 amide bonds. The highest BCUT2D eigenvalue weighted by Gasteiger charge is 2.31. The van der Waals surface area contributed by atoms with E-state index in [2.05, 4.69) is 0 Å². The minimum absolute atomic E-state index is 0.0909. The van der Waals surface area contributed by atoms with Crippen LogP contribution in [0.2, 0.25) is 5.02 Å². The van der Waals surface area contributed by atoms with E-state index in [1.54, 1.807) is 21.9 Å². The second-order valence-electron chi connectivity index (χ2n) is 8.97. The lowest BCUT2D eigenvalue weighted by molar-refractivity contribution is 0.0412. The maximum atomic E-state index is 13.3. The topological polar surface area (TPSA) is 88.8 Å². The zero-order valence-corrected chi connectivity index (χ0v) is 21.1. The number of piperazine rings is 1. The predicted molar refractivity (Wildman–Crippen MR) is 139 cm³/mol. The van der Waals surface area contributed by atoms with Crippen molar-refractivity contribution in [1.82, 2.24) is 14.8 Å². The van der Waals surface area contributed by atoms with Gasteiger partial charge in [-0.05, 0) is 55.7 Å². The van der Waals surface area contributed by atoms with Gasteiger partial charge < -0.3 is 20.3 Å². The molecular formula is C27H31ClN4O3. The average molecular weight is 495 g/mol. The van der Waals surface area contributed by atoms with Gasteiger partial charge in [0.25, 0.3) is 5.91 Å². The summed E-state index contributed by atoms with van der Waals surface area (Å²) in [5.41, 5.74) is 10.9. The lowest BCUT2D eigenvalue weighted by atomic mass is 10.0. The second kappa shape index (κ2) is 10.6. The van der Waals surface area contributed by atoms with Crippen LogP contribution in [-0.2, 0) is 11.3 Å². The Hall–Kier alpha value is -3.16. The fourth-order valence-electron chi connectivity index (χ4n) is 4.42. The molecule has 4 rings (SSSR count). The third-order valence-electron chi connectivity index (χ3n) is 6.44. The maximum Gasteiger partial charge on any atom is 0.410 e. The van der Waals surface area contributed by atoms with Gasteiger partial charge >= 0.3 is 6.09 Å². The Kier molecular flexibility index (Phi) is 7.57. The van der Waals surface area contributed by atoms with E-state index < -0.39 is 0 Å². The standard InChI is InChI=1S/C27H31ClN4O3/c1-4-11-35-27(34)32-10-9-31(16-18(32)3)26(33)20-7-8-22-23(28)14-24(30-25(22)13-20)19-5-6-21(15-29)17(2)12-19/h5-8,12-14,18H,4,9-11,15-16,29H2,1-3H3/t18-/m1/s1. The molecule has 0 spiro atoms. The summed E-state index contributed by atoms with van der Waals surface area (Å²) in [6.07, 6.45) is 0.456. The molecule has 0 aliphatic carbocycles. The van der Waals surface area contributed by atoms with Crippen LogP contribution in [0.3, 0.4) is 0 Å². The first kappa shape index (κ1) is 24.9. The molecule has 2 aromatic carbocycles. The highest BCUT2D eigenvalue weighted by molar-refractivity contribution is 6.35. The third kappa shape index (κ3) is 5.26. The molecule has 2 N–H and O–H groups in total. The maximum absolute atomic E-state index is 13.3. The van der Waals surface area contributed by atoms with Gasteiger partial charge in [0, 0.05) is 48.7 Å². The SMILES string of the molecule is CCCOC(=O)N1CCN(C(=O)c2ccc3c(Cl)cc(-c4ccc(CN)c(C)c4)nc3c2)C[C@H]1C. The van der Waals surface area contributed by atoms with Gasteiger partial charge in [-0.3, -0.25) is 4.79 Å². The van der Waals surface area contributed by atoms with Crippen molar-refractivity contribution >= 4 is 34.5 Å². The number of nitrogens with zero attached hydrogens (tertiary/aromatic N) is 3. The zero-order chi connectivity index (χ0) is 25.1. The number of aromatic nitrogens is 1. The van der Waals surface area contributed by atoms with Gasteiger partial charge in [-0.15, -0.1) is 0 Å². The quantitative estimate of drug-likeness (QED) is 0.538. The van der Waals surface area contributed by atoms with Gasteiger partial charge in [0.05, 0.1) is 22.8 Å². The van der Waals surface area contributed by atoms with Crippen molar-refractivity contribution in [3.8, 4) is 11.3 Å². The van der Waals surface area contributed by atoms with Crippen LogP contribution in [0.1, 0.15) is 41.8 Å². The number of nitrogens with two attached hydrogens (primary N) is 1. The number of hydrogen-bond acceptors (Lipinski definition) is 5. The van der Waals surface area contributed by atoms with Crippen LogP contribution >= 0.6 is 11.6 Å². The predicted octanol–water partition coefficient (Wildman–Crippen LogP) is 5.02. The summed E-state index contributed by atoms with van der Waals surface area (Å²) < 4.78 is 5.27. The Balaban J connectivity index is 1.57. The van der Waals surface area contributed by atoms with E-state index in [1.165, 1.54) is 0 Å². The highest BCUT2D eigenvalue weighted by Crippen LogP contribution is 2.30. The van der Waals surface area contributed by atoms with E-state index >= 15 is 0 Å². The van der Waals surface area contributed by atoms with E-state index in [4.69, 9.17) is 27.1 Å². The van der Waals surface area contributed by atoms with Gasteiger partial charge in [0.2, 0.25) is 0 Å². The molecule has 8 heteroatoms. The number of carbonyl (C=O) groups is 2. The summed E-state index contributed by atoms with van der Waals surface area (Å²) in [4.78, 5) is 33.9. The normalized spacial score (nSPS) is 16.0. The lowest BCUT2D eigenvalue weighted by Crippen LogP contribution is -2.55. The highest BCUT2D eigenvalue weighted by atomic mass is 35.5. The van der Waals surface area contributed by atoms with E-state index in [1.807, 2.05) is 51.1 Å². The van der Waals surface area contributed by atoms with Gasteiger partial charge in [0.1, 0.15) is 0 Å². The van der Waals surface area contributed by atoms with Crippen LogP contribution in [0.4, 0.5) is 4.79 Å². The van der Waals surface area contributed by atoms with Gasteiger partial charge in [-0.25, -0.2) is 9.78 Å². The van der Waals surface area contributed by atoms with Crippen molar-refractivity contribution in [2.24, 2.45) is 5.73 Å². The zero-order valence-electron chi connectivity index (χ0n) is 20.4. The largest absolute Gasteiger partial charge is 0.449 e. The molecule has 1 saturated heterocycles. The molecule has 35 heavy (non-hydrogen) atoms. The number of amides is 2. The molecule has 184 valence electrons. The van der Waals surface area contributed by atoms with E-state index in [-0.39, 0.29) is 18.0 Å². The fourth-order valence-corrected chi connectivity index (χ4v) is 4.68. The number of hydrogen-bond donors (Lipinski definition) is 1. The van der Waals surface area contributed by atoms with E-state index in [0.29, 0.717) is 48.9 Å². The Morgan fingerprint density at radius 3 is 2.66 bits per heavy atom. The molecule has 3 aromatic rings. The number of benzene rings is 2. The monoisotopic (exact) mass is 494 g/mol. The van der Waals surface area contributed by atoms with Gasteiger partial charge in [-0.2, -0.15) is 0 Å². The number of rotatable bonds is 5. The van der Waals surface area contributed by atoms with Crippen molar-refractivity contribution in [1.29, 1.82) is 0 Å². The molecule has 0 unspecified atom stereocenters. The Bertz CT molecular complexity index is 1260. The smallest absolute Gasteiger partial charge is 0.410 e. The number of ether oxygens (including phenoxy) is 1. The summed E-state index contributed by atoms with van der Waals surface area (Å²) in [6, 6.07) is 13.2. The van der Waals surface area contributed by atoms with Crippen LogP contribution < -0.4 is 5.73 Å². The summed E-state index contributed by atoms with van der Waals surface area (Å²) in [6.45, 7) is 8.12. The third-order valence-corrected chi connectivity index (χ3v) is 6.76. The molecule has 7 nitrogen and oxygen atoms in total. The molecule has 1 atom stereocenters. The van der Waals surface area contributed by atoms with E-state index in [9.17, 15) is 9.59 Å². The minimum Gasteiger partial charge on any atom is -0.449 e. The summed E-state index contributed by atoms with van der Waals surface area (Å²) in [5.74, 6) is -0.0909. The average Bonchev–Trinajstić information content (AvgIpc) is 2.86. The van der Waals surface area contributed by atoms with Crippen molar-refractivity contribution in [2.45, 2.75) is 39.8 Å². The molecule has 0 bridgehead atoms. The first-order valence-corrected chi connectivity index (χ1v) is 12.3. The molecule has 2 heterocycles. The minimum atomic E-state index is -0.321. The van der Waals surface area contributed by atoms with Crippen LogP contribution in [-0.4, -0.2) is 59.1 Å². The lowest BCUT2D eigenvalue weighted by Gasteiger charge is -2.39. The summed E-state index contributed by atoms with van der Waals surface area (Å²) in [5, 5.41) is 1.37. The summed E-state index contributed by atoms with van der Waals surface area (Å²) in [7, 11) is 0. The number of pyridine rings is 1. The van der Waals surface area contributed by atoms with Crippen LogP contribution in [0, 0.1) is 6.92 Å². The van der Waals surface area contributed by atoms with Crippen LogP contribution in [0.25, 0.3) is 22.2 Å². The van der Waals surface area contributed by atoms with Crippen LogP contribution in [0.15, 0.2) is 42.5 Å². The van der Waals surface area contributed by atoms with Crippen molar-refractivity contribution in [3.63, 3.8) is 0 Å².